The number of esters is 1. The molecule has 1 N–H and O–H groups in total. The third kappa shape index (κ3) is 5.08. The third-order valence-electron chi connectivity index (χ3n) is 5.18. The number of rotatable bonds is 6. The summed E-state index contributed by atoms with van der Waals surface area (Å²) in [5.74, 6) is -2.78. The zero-order chi connectivity index (χ0) is 24.3. The molecule has 0 atom stereocenters. The Bertz CT molecular complexity index is 1180. The number of amides is 1. The Morgan fingerprint density at radius 1 is 1.06 bits per heavy atom. The van der Waals surface area contributed by atoms with Crippen LogP contribution in [0.1, 0.15) is 50.2 Å². The summed E-state index contributed by atoms with van der Waals surface area (Å²) in [5, 5.41) is 2.38. The van der Waals surface area contributed by atoms with Crippen LogP contribution >= 0.6 is 0 Å². The van der Waals surface area contributed by atoms with Crippen molar-refractivity contribution in [2.24, 2.45) is 0 Å². The van der Waals surface area contributed by atoms with Crippen LogP contribution < -0.4 is 5.32 Å². The molecule has 174 valence electrons. The Labute approximate surface area is 188 Å². The Morgan fingerprint density at radius 3 is 2.33 bits per heavy atom. The van der Waals surface area contributed by atoms with Gasteiger partial charge in [0.05, 0.1) is 17.7 Å². The molecule has 5 nitrogen and oxygen atoms in total. The first kappa shape index (κ1) is 24.0. The molecule has 0 aliphatic carbocycles. The van der Waals surface area contributed by atoms with Crippen LogP contribution in [0.5, 0.6) is 0 Å². The van der Waals surface area contributed by atoms with E-state index in [1.807, 2.05) is 30.3 Å². The predicted octanol–water partition coefficient (Wildman–Crippen LogP) is 5.74. The highest BCUT2D eigenvalue weighted by Gasteiger charge is 2.34. The van der Waals surface area contributed by atoms with Gasteiger partial charge < -0.3 is 14.6 Å². The summed E-state index contributed by atoms with van der Waals surface area (Å²) in [6, 6.07) is 11.5. The number of hydrogen-bond donors (Lipinski definition) is 1. The van der Waals surface area contributed by atoms with Crippen molar-refractivity contribution in [1.82, 2.24) is 4.57 Å². The summed E-state index contributed by atoms with van der Waals surface area (Å²) in [6.07, 6.45) is -4.91. The van der Waals surface area contributed by atoms with E-state index in [1.54, 1.807) is 25.3 Å². The maximum absolute atomic E-state index is 13.6. The molecule has 0 bridgehead atoms. The van der Waals surface area contributed by atoms with E-state index in [-0.39, 0.29) is 30.1 Å². The van der Waals surface area contributed by atoms with Gasteiger partial charge in [-0.25, -0.2) is 9.18 Å². The topological polar surface area (TPSA) is 60.3 Å². The smallest absolute Gasteiger partial charge is 0.419 e. The van der Waals surface area contributed by atoms with Crippen LogP contribution in [0.15, 0.2) is 48.5 Å². The highest BCUT2D eigenvalue weighted by molar-refractivity contribution is 6.08. The molecular weight excluding hydrogens is 440 g/mol. The molecule has 3 rings (SSSR count). The molecule has 3 aromatic rings. The van der Waals surface area contributed by atoms with Crippen molar-refractivity contribution in [3.05, 3.63) is 88.0 Å². The molecule has 0 aliphatic heterocycles. The van der Waals surface area contributed by atoms with Gasteiger partial charge in [0.1, 0.15) is 11.5 Å². The predicted molar refractivity (Wildman–Crippen MR) is 115 cm³/mol. The van der Waals surface area contributed by atoms with E-state index in [4.69, 9.17) is 4.74 Å². The van der Waals surface area contributed by atoms with E-state index < -0.39 is 29.4 Å². The minimum atomic E-state index is -4.91. The number of hydrogen-bond acceptors (Lipinski definition) is 3. The number of aromatic nitrogens is 1. The monoisotopic (exact) mass is 462 g/mol. The molecule has 1 heterocycles. The number of anilines is 1. The van der Waals surface area contributed by atoms with Crippen molar-refractivity contribution in [3.63, 3.8) is 0 Å². The second-order valence-corrected chi connectivity index (χ2v) is 7.37. The van der Waals surface area contributed by atoms with Crippen LogP contribution in [0.3, 0.4) is 0 Å². The van der Waals surface area contributed by atoms with E-state index in [1.165, 1.54) is 0 Å². The Kier molecular flexibility index (Phi) is 6.90. The molecule has 2 aromatic carbocycles. The lowest BCUT2D eigenvalue weighted by molar-refractivity contribution is -0.139. The average Bonchev–Trinajstić information content (AvgIpc) is 2.99. The van der Waals surface area contributed by atoms with Crippen LogP contribution in [0.2, 0.25) is 0 Å². The standard InChI is InChI=1S/C24H22F4N2O3/c1-4-33-23(32)21-14(2)20(15(3)30(21)13-16-8-6-5-7-9-16)22(31)29-17-10-11-19(25)18(12-17)24(26,27)28/h5-12H,4,13H2,1-3H3,(H,29,31). The number of benzene rings is 2. The van der Waals surface area contributed by atoms with Crippen molar-refractivity contribution in [1.29, 1.82) is 0 Å². The summed E-state index contributed by atoms with van der Waals surface area (Å²) >= 11 is 0. The number of alkyl halides is 3. The van der Waals surface area contributed by atoms with Crippen LogP contribution in [-0.2, 0) is 17.5 Å². The van der Waals surface area contributed by atoms with Gasteiger partial charge in [-0.3, -0.25) is 4.79 Å². The number of nitrogens with one attached hydrogen (secondary N) is 1. The second kappa shape index (κ2) is 9.48. The van der Waals surface area contributed by atoms with Gasteiger partial charge in [0.25, 0.3) is 5.91 Å². The summed E-state index contributed by atoms with van der Waals surface area (Å²) in [7, 11) is 0. The van der Waals surface area contributed by atoms with Gasteiger partial charge >= 0.3 is 12.1 Å². The van der Waals surface area contributed by atoms with Crippen LogP contribution in [-0.4, -0.2) is 23.1 Å². The molecule has 0 saturated carbocycles. The fourth-order valence-electron chi connectivity index (χ4n) is 3.67. The largest absolute Gasteiger partial charge is 0.461 e. The SMILES string of the molecule is CCOC(=O)c1c(C)c(C(=O)Nc2ccc(F)c(C(F)(F)F)c2)c(C)n1Cc1ccccc1. The molecular formula is C24H22F4N2O3. The lowest BCUT2D eigenvalue weighted by atomic mass is 10.1. The summed E-state index contributed by atoms with van der Waals surface area (Å²) in [6.45, 7) is 5.28. The Morgan fingerprint density at radius 2 is 1.73 bits per heavy atom. The van der Waals surface area contributed by atoms with Gasteiger partial charge in [-0.2, -0.15) is 13.2 Å². The molecule has 1 aromatic heterocycles. The first-order chi connectivity index (χ1) is 15.5. The minimum Gasteiger partial charge on any atom is -0.461 e. The Balaban J connectivity index is 2.03. The fraction of sp³-hybridized carbons (Fsp3) is 0.250. The van der Waals surface area contributed by atoms with Crippen molar-refractivity contribution in [2.75, 3.05) is 11.9 Å². The van der Waals surface area contributed by atoms with Gasteiger partial charge in [0, 0.05) is 17.9 Å². The van der Waals surface area contributed by atoms with E-state index in [2.05, 4.69) is 5.32 Å². The highest BCUT2D eigenvalue weighted by atomic mass is 19.4. The van der Waals surface area contributed by atoms with Gasteiger partial charge in [-0.15, -0.1) is 0 Å². The normalized spacial score (nSPS) is 11.4. The van der Waals surface area contributed by atoms with Crippen LogP contribution in [0, 0.1) is 19.7 Å². The van der Waals surface area contributed by atoms with Gasteiger partial charge in [0.2, 0.25) is 0 Å². The quantitative estimate of drug-likeness (QED) is 0.375. The number of ether oxygens (including phenoxy) is 1. The third-order valence-corrected chi connectivity index (χ3v) is 5.18. The maximum atomic E-state index is 13.6. The molecule has 0 aliphatic rings. The average molecular weight is 462 g/mol. The van der Waals surface area contributed by atoms with Crippen molar-refractivity contribution >= 4 is 17.6 Å². The lowest BCUT2D eigenvalue weighted by Crippen LogP contribution is -2.16. The van der Waals surface area contributed by atoms with Gasteiger partial charge in [0.15, 0.2) is 0 Å². The van der Waals surface area contributed by atoms with E-state index in [0.717, 1.165) is 11.6 Å². The van der Waals surface area contributed by atoms with Crippen molar-refractivity contribution < 1.29 is 31.9 Å². The van der Waals surface area contributed by atoms with Crippen LogP contribution in [0.25, 0.3) is 0 Å². The molecule has 33 heavy (non-hydrogen) atoms. The fourth-order valence-corrected chi connectivity index (χ4v) is 3.67. The molecule has 1 amide bonds. The molecule has 0 spiro atoms. The molecule has 9 heteroatoms. The number of nitrogens with zero attached hydrogens (tertiary/aromatic N) is 1. The summed E-state index contributed by atoms with van der Waals surface area (Å²) in [5.41, 5.74) is 0.253. The van der Waals surface area contributed by atoms with Crippen molar-refractivity contribution in [2.45, 2.75) is 33.5 Å². The lowest BCUT2D eigenvalue weighted by Gasteiger charge is -2.12. The molecule has 0 fully saturated rings. The van der Waals surface area contributed by atoms with E-state index in [9.17, 15) is 27.2 Å². The van der Waals surface area contributed by atoms with Crippen molar-refractivity contribution in [3.8, 4) is 0 Å². The zero-order valence-electron chi connectivity index (χ0n) is 18.2. The molecule has 0 radical (unpaired) electrons. The first-order valence-electron chi connectivity index (χ1n) is 10.1. The van der Waals surface area contributed by atoms with Gasteiger partial charge in [-0.05, 0) is 50.1 Å². The van der Waals surface area contributed by atoms with Crippen LogP contribution in [0.4, 0.5) is 23.2 Å². The maximum Gasteiger partial charge on any atom is 0.419 e. The first-order valence-corrected chi connectivity index (χ1v) is 10.1. The number of halogens is 4. The minimum absolute atomic E-state index is 0.130. The van der Waals surface area contributed by atoms with E-state index in [0.29, 0.717) is 23.4 Å². The second-order valence-electron chi connectivity index (χ2n) is 7.37. The number of carbonyl (C=O) groups excluding carboxylic acids is 2. The summed E-state index contributed by atoms with van der Waals surface area (Å²) < 4.78 is 59.5. The Hall–Kier alpha value is -3.62. The summed E-state index contributed by atoms with van der Waals surface area (Å²) in [4.78, 5) is 25.7. The zero-order valence-corrected chi connectivity index (χ0v) is 18.2. The van der Waals surface area contributed by atoms with Gasteiger partial charge in [-0.1, -0.05) is 30.3 Å². The molecule has 0 saturated heterocycles. The molecule has 0 unspecified atom stereocenters. The highest BCUT2D eigenvalue weighted by Crippen LogP contribution is 2.33. The van der Waals surface area contributed by atoms with E-state index >= 15 is 0 Å². The number of carbonyl (C=O) groups is 2.